The van der Waals surface area contributed by atoms with E-state index in [0.717, 1.165) is 5.75 Å². The summed E-state index contributed by atoms with van der Waals surface area (Å²) in [4.78, 5) is 12.3. The second-order valence-electron chi connectivity index (χ2n) is 6.07. The van der Waals surface area contributed by atoms with Crippen molar-refractivity contribution in [1.82, 2.24) is 5.32 Å². The third kappa shape index (κ3) is 6.62. The Hall–Kier alpha value is -2.80. The van der Waals surface area contributed by atoms with Crippen molar-refractivity contribution in [2.75, 3.05) is 18.5 Å². The van der Waals surface area contributed by atoms with E-state index >= 15 is 0 Å². The number of benzene rings is 3. The van der Waals surface area contributed by atoms with E-state index in [2.05, 4.69) is 10.6 Å². The molecule has 0 radical (unpaired) electrons. The highest BCUT2D eigenvalue weighted by Crippen LogP contribution is 2.21. The maximum absolute atomic E-state index is 12.3. The van der Waals surface area contributed by atoms with Crippen LogP contribution in [-0.2, 0) is 0 Å². The molecule has 0 aromatic heterocycles. The quantitative estimate of drug-likeness (QED) is 0.356. The largest absolute Gasteiger partial charge is 0.490 e. The highest BCUT2D eigenvalue weighted by atomic mass is 35.5. The summed E-state index contributed by atoms with van der Waals surface area (Å²) in [5, 5.41) is 6.37. The normalized spacial score (nSPS) is 10.2. The van der Waals surface area contributed by atoms with Gasteiger partial charge in [-0.05, 0) is 54.7 Å². The molecule has 0 atom stereocenters. The fraction of sp³-hybridized carbons (Fsp3) is 0.0909. The molecule has 5 nitrogen and oxygen atoms in total. The average molecular weight is 461 g/mol. The Labute approximate surface area is 189 Å². The van der Waals surface area contributed by atoms with Gasteiger partial charge >= 0.3 is 0 Å². The molecule has 0 spiro atoms. The van der Waals surface area contributed by atoms with Crippen LogP contribution in [-0.4, -0.2) is 24.2 Å². The number of hydrogen-bond acceptors (Lipinski definition) is 4. The van der Waals surface area contributed by atoms with Crippen molar-refractivity contribution < 1.29 is 14.3 Å². The zero-order valence-corrected chi connectivity index (χ0v) is 18.1. The SMILES string of the molecule is O=C(NC(=S)Nc1cccc(OCCOc2ccccc2)c1)c1ccc(Cl)cc1Cl. The maximum atomic E-state index is 12.3. The van der Waals surface area contributed by atoms with Crippen LogP contribution in [0.4, 0.5) is 5.69 Å². The monoisotopic (exact) mass is 460 g/mol. The van der Waals surface area contributed by atoms with Gasteiger partial charge in [0.1, 0.15) is 24.7 Å². The number of ether oxygens (including phenoxy) is 2. The van der Waals surface area contributed by atoms with Gasteiger partial charge < -0.3 is 14.8 Å². The number of anilines is 1. The summed E-state index contributed by atoms with van der Waals surface area (Å²) in [5.41, 5.74) is 0.949. The van der Waals surface area contributed by atoms with Crippen LogP contribution >= 0.6 is 35.4 Å². The van der Waals surface area contributed by atoms with Gasteiger partial charge in [-0.15, -0.1) is 0 Å². The number of carbonyl (C=O) groups is 1. The Morgan fingerprint density at radius 2 is 1.57 bits per heavy atom. The molecule has 30 heavy (non-hydrogen) atoms. The van der Waals surface area contributed by atoms with E-state index in [1.165, 1.54) is 12.1 Å². The van der Waals surface area contributed by atoms with E-state index in [9.17, 15) is 4.79 Å². The highest BCUT2D eigenvalue weighted by molar-refractivity contribution is 7.80. The standard InChI is InChI=1S/C22H18Cl2N2O3S/c23-15-9-10-19(20(24)13-15)21(27)26-22(30)25-16-5-4-8-18(14-16)29-12-11-28-17-6-2-1-3-7-17/h1-10,13-14H,11-12H2,(H2,25,26,27,30). The molecule has 0 aliphatic heterocycles. The van der Waals surface area contributed by atoms with Crippen LogP contribution in [0.3, 0.4) is 0 Å². The molecular formula is C22H18Cl2N2O3S. The molecule has 0 bridgehead atoms. The summed E-state index contributed by atoms with van der Waals surface area (Å²) in [6.45, 7) is 0.798. The molecule has 0 fully saturated rings. The number of halogens is 2. The van der Waals surface area contributed by atoms with Crippen LogP contribution in [0.2, 0.25) is 10.0 Å². The summed E-state index contributed by atoms with van der Waals surface area (Å²) in [6, 6.07) is 21.4. The summed E-state index contributed by atoms with van der Waals surface area (Å²) < 4.78 is 11.3. The van der Waals surface area contributed by atoms with Gasteiger partial charge in [-0.25, -0.2) is 0 Å². The number of para-hydroxylation sites is 1. The van der Waals surface area contributed by atoms with Gasteiger partial charge in [0.2, 0.25) is 0 Å². The highest BCUT2D eigenvalue weighted by Gasteiger charge is 2.12. The Morgan fingerprint density at radius 1 is 0.867 bits per heavy atom. The number of amides is 1. The first-order valence-corrected chi connectivity index (χ1v) is 10.2. The zero-order valence-electron chi connectivity index (χ0n) is 15.7. The molecule has 8 heteroatoms. The lowest BCUT2D eigenvalue weighted by Crippen LogP contribution is -2.34. The molecular weight excluding hydrogens is 443 g/mol. The number of thiocarbonyl (C=S) groups is 1. The van der Waals surface area contributed by atoms with Crippen molar-refractivity contribution in [2.24, 2.45) is 0 Å². The Kier molecular flexibility index (Phi) is 7.90. The van der Waals surface area contributed by atoms with Crippen molar-refractivity contribution in [3.05, 3.63) is 88.4 Å². The minimum atomic E-state index is -0.431. The van der Waals surface area contributed by atoms with Gasteiger partial charge in [0.15, 0.2) is 5.11 Å². The second-order valence-corrected chi connectivity index (χ2v) is 7.32. The van der Waals surface area contributed by atoms with E-state index in [0.29, 0.717) is 29.7 Å². The molecule has 1 amide bonds. The van der Waals surface area contributed by atoms with Crippen LogP contribution in [0.1, 0.15) is 10.4 Å². The molecule has 3 aromatic carbocycles. The Balaban J connectivity index is 1.49. The Morgan fingerprint density at radius 3 is 2.30 bits per heavy atom. The number of hydrogen-bond donors (Lipinski definition) is 2. The molecule has 3 rings (SSSR count). The number of carbonyl (C=O) groups excluding carboxylic acids is 1. The van der Waals surface area contributed by atoms with Crippen molar-refractivity contribution in [3.63, 3.8) is 0 Å². The molecule has 0 aliphatic rings. The number of rotatable bonds is 7. The third-order valence-corrected chi connectivity index (χ3v) is 4.61. The van der Waals surface area contributed by atoms with Crippen LogP contribution in [0.25, 0.3) is 0 Å². The minimum absolute atomic E-state index is 0.135. The minimum Gasteiger partial charge on any atom is -0.490 e. The van der Waals surface area contributed by atoms with E-state index < -0.39 is 5.91 Å². The van der Waals surface area contributed by atoms with Gasteiger partial charge in [0.25, 0.3) is 5.91 Å². The van der Waals surface area contributed by atoms with Crippen molar-refractivity contribution in [3.8, 4) is 11.5 Å². The van der Waals surface area contributed by atoms with Gasteiger partial charge in [-0.1, -0.05) is 47.5 Å². The molecule has 154 valence electrons. The predicted octanol–water partition coefficient (Wildman–Crippen LogP) is 5.58. The zero-order chi connectivity index (χ0) is 21.3. The molecule has 0 unspecified atom stereocenters. The third-order valence-electron chi connectivity index (χ3n) is 3.86. The summed E-state index contributed by atoms with van der Waals surface area (Å²) in [6.07, 6.45) is 0. The first kappa shape index (κ1) is 21.9. The maximum Gasteiger partial charge on any atom is 0.258 e. The van der Waals surface area contributed by atoms with Crippen molar-refractivity contribution in [1.29, 1.82) is 0 Å². The van der Waals surface area contributed by atoms with E-state index in [1.807, 2.05) is 42.5 Å². The molecule has 0 heterocycles. The van der Waals surface area contributed by atoms with Crippen molar-refractivity contribution >= 4 is 52.1 Å². The second kappa shape index (κ2) is 10.8. The van der Waals surface area contributed by atoms with Gasteiger partial charge in [0.05, 0.1) is 10.6 Å². The Bertz CT molecular complexity index is 1030. The fourth-order valence-electron chi connectivity index (χ4n) is 2.51. The average Bonchev–Trinajstić information content (AvgIpc) is 2.72. The van der Waals surface area contributed by atoms with Gasteiger partial charge in [0, 0.05) is 16.8 Å². The van der Waals surface area contributed by atoms with E-state index in [-0.39, 0.29) is 15.7 Å². The van der Waals surface area contributed by atoms with Gasteiger partial charge in [-0.2, -0.15) is 0 Å². The first-order chi connectivity index (χ1) is 14.5. The molecule has 0 aliphatic carbocycles. The van der Waals surface area contributed by atoms with E-state index in [4.69, 9.17) is 44.9 Å². The lowest BCUT2D eigenvalue weighted by atomic mass is 10.2. The number of nitrogens with one attached hydrogen (secondary N) is 2. The van der Waals surface area contributed by atoms with Crippen LogP contribution in [0, 0.1) is 0 Å². The van der Waals surface area contributed by atoms with Crippen LogP contribution in [0.5, 0.6) is 11.5 Å². The smallest absolute Gasteiger partial charge is 0.258 e. The first-order valence-electron chi connectivity index (χ1n) is 8.99. The molecule has 0 saturated carbocycles. The van der Waals surface area contributed by atoms with Crippen LogP contribution < -0.4 is 20.1 Å². The lowest BCUT2D eigenvalue weighted by molar-refractivity contribution is 0.0978. The van der Waals surface area contributed by atoms with E-state index in [1.54, 1.807) is 18.2 Å². The van der Waals surface area contributed by atoms with Gasteiger partial charge in [-0.3, -0.25) is 10.1 Å². The van der Waals surface area contributed by atoms with Crippen molar-refractivity contribution in [2.45, 2.75) is 0 Å². The fourth-order valence-corrected chi connectivity index (χ4v) is 3.21. The predicted molar refractivity (Wildman–Crippen MR) is 124 cm³/mol. The summed E-state index contributed by atoms with van der Waals surface area (Å²) in [7, 11) is 0. The molecule has 3 aromatic rings. The summed E-state index contributed by atoms with van der Waals surface area (Å²) in [5.74, 6) is 1.00. The summed E-state index contributed by atoms with van der Waals surface area (Å²) >= 11 is 17.1. The molecule has 2 N–H and O–H groups in total. The topological polar surface area (TPSA) is 59.6 Å². The lowest BCUT2D eigenvalue weighted by Gasteiger charge is -2.12. The molecule has 0 saturated heterocycles. The van der Waals surface area contributed by atoms with Crippen LogP contribution in [0.15, 0.2) is 72.8 Å².